The van der Waals surface area contributed by atoms with E-state index in [-0.39, 0.29) is 6.61 Å². The first kappa shape index (κ1) is 15.1. The van der Waals surface area contributed by atoms with Crippen LogP contribution < -0.4 is 5.32 Å². The van der Waals surface area contributed by atoms with Crippen molar-refractivity contribution in [2.45, 2.75) is 19.6 Å². The molecule has 108 valence electrons. The molecule has 1 aromatic heterocycles. The van der Waals surface area contributed by atoms with Crippen molar-refractivity contribution in [3.63, 3.8) is 0 Å². The minimum atomic E-state index is -0.566. The van der Waals surface area contributed by atoms with Gasteiger partial charge in [0, 0.05) is 16.7 Å². The summed E-state index contributed by atoms with van der Waals surface area (Å²) in [6.07, 6.45) is 1.04. The first-order chi connectivity index (χ1) is 9.65. The molecular weight excluding hydrogens is 322 g/mol. The average Bonchev–Trinajstić information content (AvgIpc) is 2.93. The number of aliphatic hydroxyl groups excluding tert-OH is 1. The van der Waals surface area contributed by atoms with Crippen LogP contribution in [0.5, 0.6) is 0 Å². The summed E-state index contributed by atoms with van der Waals surface area (Å²) in [7, 11) is 0. The summed E-state index contributed by atoms with van der Waals surface area (Å²) in [6.45, 7) is 3.10. The fraction of sp³-hybridized carbons (Fsp3) is 0.333. The minimum absolute atomic E-state index is 0.265. The monoisotopic (exact) mass is 339 g/mol. The number of nitrogens with one attached hydrogen (secondary N) is 1. The third-order valence-electron chi connectivity index (χ3n) is 2.86. The Morgan fingerprint density at radius 3 is 3.00 bits per heavy atom. The van der Waals surface area contributed by atoms with Gasteiger partial charge < -0.3 is 19.6 Å². The van der Waals surface area contributed by atoms with Crippen LogP contribution in [0, 0.1) is 6.92 Å². The Balaban J connectivity index is 1.71. The van der Waals surface area contributed by atoms with Crippen molar-refractivity contribution < 1.29 is 14.3 Å². The van der Waals surface area contributed by atoms with E-state index < -0.39 is 6.10 Å². The van der Waals surface area contributed by atoms with Gasteiger partial charge in [-0.2, -0.15) is 0 Å². The molecule has 0 saturated heterocycles. The molecule has 0 amide bonds. The second kappa shape index (κ2) is 7.47. The molecule has 0 radical (unpaired) electrons. The Hall–Kier alpha value is -1.30. The van der Waals surface area contributed by atoms with E-state index in [1.165, 1.54) is 0 Å². The zero-order valence-corrected chi connectivity index (χ0v) is 12.9. The van der Waals surface area contributed by atoms with Crippen molar-refractivity contribution >= 4 is 21.6 Å². The van der Waals surface area contributed by atoms with Crippen molar-refractivity contribution in [1.29, 1.82) is 0 Å². The predicted octanol–water partition coefficient (Wildman–Crippen LogP) is 3.34. The highest BCUT2D eigenvalue weighted by molar-refractivity contribution is 9.10. The molecule has 1 atom stereocenters. The van der Waals surface area contributed by atoms with Crippen LogP contribution in [-0.4, -0.2) is 24.4 Å². The molecule has 0 aliphatic rings. The van der Waals surface area contributed by atoms with Gasteiger partial charge in [-0.15, -0.1) is 0 Å². The molecule has 4 nitrogen and oxygen atoms in total. The SMILES string of the molecule is Cc1ccc(Br)cc1NCC(O)COCc1ccco1. The quantitative estimate of drug-likeness (QED) is 0.812. The molecule has 0 fully saturated rings. The zero-order chi connectivity index (χ0) is 14.4. The van der Waals surface area contributed by atoms with E-state index in [1.807, 2.05) is 37.3 Å². The van der Waals surface area contributed by atoms with E-state index in [0.29, 0.717) is 13.2 Å². The average molecular weight is 340 g/mol. The maximum atomic E-state index is 9.87. The van der Waals surface area contributed by atoms with Crippen LogP contribution in [0.1, 0.15) is 11.3 Å². The van der Waals surface area contributed by atoms with Crippen LogP contribution in [0.3, 0.4) is 0 Å². The Kier molecular flexibility index (Phi) is 5.64. The van der Waals surface area contributed by atoms with Gasteiger partial charge in [0.1, 0.15) is 12.4 Å². The van der Waals surface area contributed by atoms with Crippen LogP contribution in [0.2, 0.25) is 0 Å². The van der Waals surface area contributed by atoms with E-state index in [0.717, 1.165) is 21.5 Å². The van der Waals surface area contributed by atoms with Crippen molar-refractivity contribution in [2.24, 2.45) is 0 Å². The molecule has 2 rings (SSSR count). The van der Waals surface area contributed by atoms with E-state index in [2.05, 4.69) is 21.2 Å². The fourth-order valence-corrected chi connectivity index (χ4v) is 2.12. The third kappa shape index (κ3) is 4.67. The smallest absolute Gasteiger partial charge is 0.129 e. The Morgan fingerprint density at radius 1 is 1.40 bits per heavy atom. The summed E-state index contributed by atoms with van der Waals surface area (Å²) in [5.41, 5.74) is 2.14. The lowest BCUT2D eigenvalue weighted by Crippen LogP contribution is -2.25. The van der Waals surface area contributed by atoms with Gasteiger partial charge in [-0.1, -0.05) is 22.0 Å². The Morgan fingerprint density at radius 2 is 2.25 bits per heavy atom. The minimum Gasteiger partial charge on any atom is -0.467 e. The number of aliphatic hydroxyl groups is 1. The second-order valence-corrected chi connectivity index (χ2v) is 5.50. The lowest BCUT2D eigenvalue weighted by atomic mass is 10.2. The van der Waals surface area contributed by atoms with Gasteiger partial charge in [0.05, 0.1) is 19.0 Å². The summed E-state index contributed by atoms with van der Waals surface area (Å²) in [6, 6.07) is 9.66. The highest BCUT2D eigenvalue weighted by Gasteiger charge is 2.06. The number of hydrogen-bond donors (Lipinski definition) is 2. The highest BCUT2D eigenvalue weighted by Crippen LogP contribution is 2.20. The van der Waals surface area contributed by atoms with Gasteiger partial charge in [-0.25, -0.2) is 0 Å². The molecule has 2 N–H and O–H groups in total. The maximum absolute atomic E-state index is 9.87. The summed E-state index contributed by atoms with van der Waals surface area (Å²) in [5.74, 6) is 0.757. The summed E-state index contributed by atoms with van der Waals surface area (Å²) in [5, 5.41) is 13.1. The van der Waals surface area contributed by atoms with Gasteiger partial charge >= 0.3 is 0 Å². The summed E-state index contributed by atoms with van der Waals surface area (Å²) < 4.78 is 11.5. The van der Waals surface area contributed by atoms with Gasteiger partial charge in [0.2, 0.25) is 0 Å². The summed E-state index contributed by atoms with van der Waals surface area (Å²) >= 11 is 3.43. The van der Waals surface area contributed by atoms with Crippen molar-refractivity contribution in [2.75, 3.05) is 18.5 Å². The van der Waals surface area contributed by atoms with E-state index in [1.54, 1.807) is 6.26 Å². The molecule has 0 bridgehead atoms. The molecule has 5 heteroatoms. The number of hydrogen-bond acceptors (Lipinski definition) is 4. The second-order valence-electron chi connectivity index (χ2n) is 4.59. The standard InChI is InChI=1S/C15H18BrNO3/c1-11-4-5-12(16)7-15(11)17-8-13(18)9-19-10-14-3-2-6-20-14/h2-7,13,17-18H,8-10H2,1H3. The number of furan rings is 1. The highest BCUT2D eigenvalue weighted by atomic mass is 79.9. The number of ether oxygens (including phenoxy) is 1. The van der Waals surface area contributed by atoms with Crippen molar-refractivity contribution in [1.82, 2.24) is 0 Å². The van der Waals surface area contributed by atoms with E-state index >= 15 is 0 Å². The van der Waals surface area contributed by atoms with Crippen molar-refractivity contribution in [3.05, 3.63) is 52.4 Å². The number of aryl methyl sites for hydroxylation is 1. The first-order valence-corrected chi connectivity index (χ1v) is 7.22. The van der Waals surface area contributed by atoms with Crippen molar-refractivity contribution in [3.8, 4) is 0 Å². The summed E-state index contributed by atoms with van der Waals surface area (Å²) in [4.78, 5) is 0. The zero-order valence-electron chi connectivity index (χ0n) is 11.3. The van der Waals surface area contributed by atoms with E-state index in [4.69, 9.17) is 9.15 Å². The van der Waals surface area contributed by atoms with Gasteiger partial charge in [-0.3, -0.25) is 0 Å². The Bertz CT molecular complexity index is 528. The fourth-order valence-electron chi connectivity index (χ4n) is 1.76. The molecule has 1 unspecified atom stereocenters. The number of anilines is 1. The lowest BCUT2D eigenvalue weighted by Gasteiger charge is -2.14. The van der Waals surface area contributed by atoms with Crippen LogP contribution >= 0.6 is 15.9 Å². The molecule has 0 spiro atoms. The molecule has 2 aromatic rings. The molecule has 0 aliphatic carbocycles. The molecule has 0 saturated carbocycles. The largest absolute Gasteiger partial charge is 0.467 e. The van der Waals surface area contributed by atoms with Gasteiger partial charge in [-0.05, 0) is 36.8 Å². The van der Waals surface area contributed by atoms with Crippen LogP contribution in [0.4, 0.5) is 5.69 Å². The molecule has 0 aliphatic heterocycles. The molecular formula is C15H18BrNO3. The van der Waals surface area contributed by atoms with Crippen LogP contribution in [0.25, 0.3) is 0 Å². The van der Waals surface area contributed by atoms with E-state index in [9.17, 15) is 5.11 Å². The predicted molar refractivity (Wildman–Crippen MR) is 81.7 cm³/mol. The number of rotatable bonds is 7. The number of halogens is 1. The lowest BCUT2D eigenvalue weighted by molar-refractivity contribution is 0.0282. The molecule has 20 heavy (non-hydrogen) atoms. The normalized spacial score (nSPS) is 12.3. The first-order valence-electron chi connectivity index (χ1n) is 6.43. The van der Waals surface area contributed by atoms with Crippen LogP contribution in [0.15, 0.2) is 45.5 Å². The van der Waals surface area contributed by atoms with Gasteiger partial charge in [0.15, 0.2) is 0 Å². The van der Waals surface area contributed by atoms with Crippen LogP contribution in [-0.2, 0) is 11.3 Å². The van der Waals surface area contributed by atoms with Gasteiger partial charge in [0.25, 0.3) is 0 Å². The maximum Gasteiger partial charge on any atom is 0.129 e. The topological polar surface area (TPSA) is 54.6 Å². The number of benzene rings is 1. The Labute approximate surface area is 126 Å². The molecule has 1 aromatic carbocycles. The molecule has 1 heterocycles. The third-order valence-corrected chi connectivity index (χ3v) is 3.36.